The maximum atomic E-state index is 13.5. The normalized spacial score (nSPS) is 10.3. The van der Waals surface area contributed by atoms with Gasteiger partial charge in [0.1, 0.15) is 17.4 Å². The van der Waals surface area contributed by atoms with E-state index >= 15 is 0 Å². The fourth-order valence-corrected chi connectivity index (χ4v) is 1.59. The Morgan fingerprint density at radius 3 is 2.00 bits per heavy atom. The molecule has 0 spiro atoms. The average Bonchev–Trinajstić information content (AvgIpc) is 2.55. The molecule has 2 aromatic carbocycles. The predicted octanol–water partition coefficient (Wildman–Crippen LogP) is 3.95. The molecule has 0 aromatic heterocycles. The van der Waals surface area contributed by atoms with Crippen LogP contribution in [0.5, 0.6) is 11.5 Å². The number of halogens is 5. The van der Waals surface area contributed by atoms with Crippen molar-refractivity contribution in [3.63, 3.8) is 0 Å². The Bertz CT molecular complexity index is 835. The van der Waals surface area contributed by atoms with Crippen molar-refractivity contribution >= 4 is 5.69 Å². The number of hydrogen-bond donors (Lipinski definition) is 0. The number of ether oxygens (including phenoxy) is 1. The second-order valence-electron chi connectivity index (χ2n) is 4.05. The monoisotopic (exact) mass is 330 g/mol. The van der Waals surface area contributed by atoms with Gasteiger partial charge in [-0.1, -0.05) is 0 Å². The summed E-state index contributed by atoms with van der Waals surface area (Å²) >= 11 is 0. The Morgan fingerprint density at radius 1 is 1.00 bits per heavy atom. The molecule has 0 radical (unpaired) electrons. The lowest BCUT2D eigenvalue weighted by Crippen LogP contribution is -2.04. The molecule has 0 atom stereocenters. The van der Waals surface area contributed by atoms with E-state index in [0.29, 0.717) is 0 Å². The number of non-ortho nitro benzene ring substituents is 1. The minimum Gasteiger partial charge on any atom is -0.450 e. The first-order chi connectivity index (χ1) is 10.8. The van der Waals surface area contributed by atoms with E-state index in [1.165, 1.54) is 6.07 Å². The largest absolute Gasteiger partial charge is 0.450 e. The van der Waals surface area contributed by atoms with Gasteiger partial charge in [-0.15, -0.1) is 0 Å². The van der Waals surface area contributed by atoms with Gasteiger partial charge in [-0.2, -0.15) is 14.0 Å². The third kappa shape index (κ3) is 2.76. The molecule has 2 rings (SSSR count). The molecular formula is C13H3F5N2O3. The Kier molecular flexibility index (Phi) is 4.13. The molecule has 0 fully saturated rings. The zero-order valence-corrected chi connectivity index (χ0v) is 10.7. The molecular weight excluding hydrogens is 327 g/mol. The summed E-state index contributed by atoms with van der Waals surface area (Å²) in [4.78, 5) is 9.72. The van der Waals surface area contributed by atoms with Crippen molar-refractivity contribution in [3.8, 4) is 17.6 Å². The highest BCUT2D eigenvalue weighted by molar-refractivity contribution is 5.51. The smallest absolute Gasteiger partial charge is 0.271 e. The standard InChI is InChI=1S/C13H3F5N2O3/c14-8-9(15)11(17)13(12(18)10(8)16)23-7-2-1-6(20(21)22)3-5(7)4-19/h1-3H. The number of hydrogen-bond acceptors (Lipinski definition) is 4. The molecule has 0 aliphatic rings. The quantitative estimate of drug-likeness (QED) is 0.281. The predicted molar refractivity (Wildman–Crippen MR) is 64.1 cm³/mol. The number of benzene rings is 2. The molecule has 118 valence electrons. The van der Waals surface area contributed by atoms with E-state index in [2.05, 4.69) is 4.74 Å². The second kappa shape index (κ2) is 5.88. The van der Waals surface area contributed by atoms with Crippen LogP contribution in [-0.4, -0.2) is 4.92 Å². The van der Waals surface area contributed by atoms with Crippen molar-refractivity contribution < 1.29 is 31.6 Å². The van der Waals surface area contributed by atoms with Gasteiger partial charge in [0.25, 0.3) is 5.69 Å². The zero-order chi connectivity index (χ0) is 17.3. The lowest BCUT2D eigenvalue weighted by molar-refractivity contribution is -0.384. The lowest BCUT2D eigenvalue weighted by atomic mass is 10.2. The van der Waals surface area contributed by atoms with E-state index in [1.54, 1.807) is 0 Å². The maximum Gasteiger partial charge on any atom is 0.271 e. The molecule has 0 unspecified atom stereocenters. The van der Waals surface area contributed by atoms with E-state index in [9.17, 15) is 32.1 Å². The van der Waals surface area contributed by atoms with Gasteiger partial charge < -0.3 is 4.74 Å². The molecule has 0 aliphatic carbocycles. The average molecular weight is 330 g/mol. The van der Waals surface area contributed by atoms with Crippen LogP contribution in [0.1, 0.15) is 5.56 Å². The fraction of sp³-hybridized carbons (Fsp3) is 0. The molecule has 0 aliphatic heterocycles. The first kappa shape index (κ1) is 16.2. The van der Waals surface area contributed by atoms with Crippen LogP contribution in [0.2, 0.25) is 0 Å². The van der Waals surface area contributed by atoms with Crippen molar-refractivity contribution in [3.05, 3.63) is 63.0 Å². The number of nitro benzene ring substituents is 1. The van der Waals surface area contributed by atoms with Crippen molar-refractivity contribution in [2.24, 2.45) is 0 Å². The molecule has 0 bridgehead atoms. The Hall–Kier alpha value is -3.22. The van der Waals surface area contributed by atoms with Gasteiger partial charge in [-0.3, -0.25) is 10.1 Å². The molecule has 5 nitrogen and oxygen atoms in total. The van der Waals surface area contributed by atoms with E-state index in [4.69, 9.17) is 5.26 Å². The van der Waals surface area contributed by atoms with E-state index in [1.807, 2.05) is 0 Å². The number of nitriles is 1. The molecule has 0 amide bonds. The SMILES string of the molecule is N#Cc1cc([N+](=O)[O-])ccc1Oc1c(F)c(F)c(F)c(F)c1F. The van der Waals surface area contributed by atoms with E-state index in [0.717, 1.165) is 18.2 Å². The van der Waals surface area contributed by atoms with Crippen LogP contribution in [0.15, 0.2) is 18.2 Å². The summed E-state index contributed by atoms with van der Waals surface area (Å²) in [5.41, 5.74) is -1.05. The van der Waals surface area contributed by atoms with Crippen LogP contribution < -0.4 is 4.74 Å². The highest BCUT2D eigenvalue weighted by atomic mass is 19.2. The first-order valence-electron chi connectivity index (χ1n) is 5.65. The Morgan fingerprint density at radius 2 is 1.52 bits per heavy atom. The highest BCUT2D eigenvalue weighted by Crippen LogP contribution is 2.34. The summed E-state index contributed by atoms with van der Waals surface area (Å²) in [5, 5.41) is 19.4. The molecule has 0 saturated carbocycles. The summed E-state index contributed by atoms with van der Waals surface area (Å²) in [5.74, 6) is -13.5. The number of rotatable bonds is 3. The molecule has 10 heteroatoms. The van der Waals surface area contributed by atoms with Crippen LogP contribution >= 0.6 is 0 Å². The van der Waals surface area contributed by atoms with Gasteiger partial charge in [0.2, 0.25) is 34.8 Å². The van der Waals surface area contributed by atoms with Gasteiger partial charge in [0, 0.05) is 12.1 Å². The minimum atomic E-state index is -2.36. The Balaban J connectivity index is 2.57. The minimum absolute atomic E-state index is 0.522. The fourth-order valence-electron chi connectivity index (χ4n) is 1.59. The van der Waals surface area contributed by atoms with Crippen LogP contribution in [0.25, 0.3) is 0 Å². The summed E-state index contributed by atoms with van der Waals surface area (Å²) in [6.07, 6.45) is 0. The van der Waals surface area contributed by atoms with Crippen molar-refractivity contribution in [1.29, 1.82) is 5.26 Å². The summed E-state index contributed by atoms with van der Waals surface area (Å²) < 4.78 is 70.6. The summed E-state index contributed by atoms with van der Waals surface area (Å²) in [7, 11) is 0. The second-order valence-corrected chi connectivity index (χ2v) is 4.05. The number of nitro groups is 1. The van der Waals surface area contributed by atoms with E-state index in [-0.39, 0.29) is 0 Å². The van der Waals surface area contributed by atoms with Crippen molar-refractivity contribution in [2.75, 3.05) is 0 Å². The summed E-state index contributed by atoms with van der Waals surface area (Å²) in [6.45, 7) is 0. The summed E-state index contributed by atoms with van der Waals surface area (Å²) in [6, 6.07) is 3.81. The van der Waals surface area contributed by atoms with Crippen LogP contribution in [0, 0.1) is 50.5 Å². The van der Waals surface area contributed by atoms with Gasteiger partial charge in [-0.05, 0) is 6.07 Å². The Labute approximate surface area is 124 Å². The third-order valence-corrected chi connectivity index (χ3v) is 2.68. The van der Waals surface area contributed by atoms with Crippen LogP contribution in [0.3, 0.4) is 0 Å². The number of nitrogens with zero attached hydrogens (tertiary/aromatic N) is 2. The molecule has 2 aromatic rings. The van der Waals surface area contributed by atoms with Gasteiger partial charge in [0.15, 0.2) is 0 Å². The first-order valence-corrected chi connectivity index (χ1v) is 5.65. The zero-order valence-electron chi connectivity index (χ0n) is 10.7. The van der Waals surface area contributed by atoms with Gasteiger partial charge in [0.05, 0.1) is 4.92 Å². The third-order valence-electron chi connectivity index (χ3n) is 2.68. The topological polar surface area (TPSA) is 76.2 Å². The maximum absolute atomic E-state index is 13.5. The van der Waals surface area contributed by atoms with E-state index < -0.39 is 56.8 Å². The van der Waals surface area contributed by atoms with Crippen molar-refractivity contribution in [2.45, 2.75) is 0 Å². The molecule has 0 saturated heterocycles. The van der Waals surface area contributed by atoms with Crippen molar-refractivity contribution in [1.82, 2.24) is 0 Å². The van der Waals surface area contributed by atoms with Crippen LogP contribution in [-0.2, 0) is 0 Å². The molecule has 0 N–H and O–H groups in total. The lowest BCUT2D eigenvalue weighted by Gasteiger charge is -2.10. The van der Waals surface area contributed by atoms with Crippen LogP contribution in [0.4, 0.5) is 27.6 Å². The highest BCUT2D eigenvalue weighted by Gasteiger charge is 2.28. The van der Waals surface area contributed by atoms with Gasteiger partial charge >= 0.3 is 0 Å². The van der Waals surface area contributed by atoms with Gasteiger partial charge in [-0.25, -0.2) is 13.2 Å². The molecule has 0 heterocycles. The molecule has 23 heavy (non-hydrogen) atoms.